The molecule has 0 radical (unpaired) electrons. The molecule has 1 unspecified atom stereocenters. The van der Waals surface area contributed by atoms with Crippen LogP contribution in [-0.2, 0) is 19.0 Å². The summed E-state index contributed by atoms with van der Waals surface area (Å²) in [4.78, 5) is 16.0. The Labute approximate surface area is 156 Å². The van der Waals surface area contributed by atoms with Crippen molar-refractivity contribution in [1.29, 1.82) is 0 Å². The highest BCUT2D eigenvalue weighted by molar-refractivity contribution is 7.86. The number of likely N-dealkylation sites (N-methyl/N-ethyl adjacent to an activating group) is 1. The van der Waals surface area contributed by atoms with Gasteiger partial charge in [0.2, 0.25) is 0 Å². The lowest BCUT2D eigenvalue weighted by Crippen LogP contribution is -2.55. The number of aryl methyl sites for hydroxylation is 1. The van der Waals surface area contributed by atoms with Gasteiger partial charge in [-0.1, -0.05) is 17.7 Å². The van der Waals surface area contributed by atoms with E-state index in [1.54, 1.807) is 17.0 Å². The predicted octanol–water partition coefficient (Wildman–Crippen LogP) is 2.25. The van der Waals surface area contributed by atoms with Gasteiger partial charge in [-0.2, -0.15) is 8.42 Å². The number of amides is 1. The molecule has 0 N–H and O–H groups in total. The summed E-state index contributed by atoms with van der Waals surface area (Å²) in [6.07, 6.45) is -0.392. The van der Waals surface area contributed by atoms with Crippen molar-refractivity contribution < 1.29 is 22.1 Å². The summed E-state index contributed by atoms with van der Waals surface area (Å²) in [6, 6.07) is 6.29. The largest absolute Gasteiger partial charge is 0.444 e. The molecule has 0 bridgehead atoms. The predicted molar refractivity (Wildman–Crippen MR) is 98.5 cm³/mol. The summed E-state index contributed by atoms with van der Waals surface area (Å²) in [5, 5.41) is 0. The maximum atomic E-state index is 12.3. The fraction of sp³-hybridized carbons (Fsp3) is 0.611. The Hall–Kier alpha value is -1.64. The number of carbonyl (C=O) groups excluding carboxylic acids is 1. The van der Waals surface area contributed by atoms with E-state index in [2.05, 4.69) is 0 Å². The normalized spacial score (nSPS) is 19.4. The van der Waals surface area contributed by atoms with Gasteiger partial charge in [0.25, 0.3) is 10.1 Å². The van der Waals surface area contributed by atoms with Gasteiger partial charge in [-0.3, -0.25) is 9.08 Å². The van der Waals surface area contributed by atoms with Crippen molar-refractivity contribution >= 4 is 16.2 Å². The smallest absolute Gasteiger partial charge is 0.410 e. The van der Waals surface area contributed by atoms with Gasteiger partial charge >= 0.3 is 6.09 Å². The number of hydrogen-bond acceptors (Lipinski definition) is 6. The van der Waals surface area contributed by atoms with E-state index in [1.165, 1.54) is 12.1 Å². The van der Waals surface area contributed by atoms with E-state index in [-0.39, 0.29) is 17.5 Å². The van der Waals surface area contributed by atoms with Crippen LogP contribution < -0.4 is 0 Å². The Morgan fingerprint density at radius 3 is 2.38 bits per heavy atom. The molecule has 26 heavy (non-hydrogen) atoms. The van der Waals surface area contributed by atoms with E-state index in [4.69, 9.17) is 8.92 Å². The monoisotopic (exact) mass is 384 g/mol. The Balaban J connectivity index is 1.99. The molecule has 8 heteroatoms. The van der Waals surface area contributed by atoms with Gasteiger partial charge in [0, 0.05) is 19.6 Å². The van der Waals surface area contributed by atoms with Gasteiger partial charge in [-0.05, 0) is 46.9 Å². The van der Waals surface area contributed by atoms with Gasteiger partial charge in [0.1, 0.15) is 5.60 Å². The summed E-state index contributed by atoms with van der Waals surface area (Å²) in [5.74, 6) is 0. The molecule has 0 spiro atoms. The maximum Gasteiger partial charge on any atom is 0.410 e. The fourth-order valence-corrected chi connectivity index (χ4v) is 3.50. The Morgan fingerprint density at radius 1 is 1.19 bits per heavy atom. The number of benzene rings is 1. The van der Waals surface area contributed by atoms with Crippen LogP contribution in [0.2, 0.25) is 0 Å². The average Bonchev–Trinajstić information content (AvgIpc) is 2.53. The molecule has 1 heterocycles. The molecule has 2 rings (SSSR count). The maximum absolute atomic E-state index is 12.3. The summed E-state index contributed by atoms with van der Waals surface area (Å²) >= 11 is 0. The zero-order valence-corrected chi connectivity index (χ0v) is 16.9. The highest BCUT2D eigenvalue weighted by Gasteiger charge is 2.31. The third-order valence-corrected chi connectivity index (χ3v) is 5.45. The van der Waals surface area contributed by atoms with E-state index in [0.29, 0.717) is 19.6 Å². The third-order valence-electron chi connectivity index (χ3n) is 4.15. The van der Waals surface area contributed by atoms with Gasteiger partial charge < -0.3 is 9.64 Å². The van der Waals surface area contributed by atoms with E-state index < -0.39 is 21.8 Å². The number of carbonyl (C=O) groups is 1. The minimum atomic E-state index is -3.83. The standard InChI is InChI=1S/C18H28N2O5S/c1-14-6-8-16(9-7-14)26(22,23)24-13-15-12-20(11-10-19(15)5)17(21)25-18(2,3)4/h6-9,15H,10-13H2,1-5H3. The van der Waals surface area contributed by atoms with E-state index in [0.717, 1.165) is 5.56 Å². The molecule has 0 aromatic heterocycles. The minimum absolute atomic E-state index is 0.0218. The molecule has 146 valence electrons. The first-order chi connectivity index (χ1) is 12.0. The summed E-state index contributed by atoms with van der Waals surface area (Å²) in [7, 11) is -1.94. The molecule has 0 saturated carbocycles. The van der Waals surface area contributed by atoms with E-state index in [9.17, 15) is 13.2 Å². The van der Waals surface area contributed by atoms with Crippen molar-refractivity contribution in [2.45, 2.75) is 44.2 Å². The molecule has 1 atom stereocenters. The van der Waals surface area contributed by atoms with Crippen LogP contribution >= 0.6 is 0 Å². The van der Waals surface area contributed by atoms with Gasteiger partial charge in [0.15, 0.2) is 0 Å². The van der Waals surface area contributed by atoms with E-state index in [1.807, 2.05) is 39.6 Å². The summed E-state index contributed by atoms with van der Waals surface area (Å²) in [6.45, 7) is 8.83. The topological polar surface area (TPSA) is 76.2 Å². The van der Waals surface area contributed by atoms with Crippen LogP contribution in [0.15, 0.2) is 29.2 Å². The second-order valence-electron chi connectivity index (χ2n) is 7.61. The Morgan fingerprint density at radius 2 is 1.81 bits per heavy atom. The fourth-order valence-electron chi connectivity index (χ4n) is 2.56. The lowest BCUT2D eigenvalue weighted by molar-refractivity contribution is 0.00293. The highest BCUT2D eigenvalue weighted by Crippen LogP contribution is 2.17. The highest BCUT2D eigenvalue weighted by atomic mass is 32.2. The first-order valence-corrected chi connectivity index (χ1v) is 10.0. The first kappa shape index (κ1) is 20.7. The van der Waals surface area contributed by atoms with Crippen LogP contribution in [0, 0.1) is 6.92 Å². The van der Waals surface area contributed by atoms with Crippen molar-refractivity contribution in [2.24, 2.45) is 0 Å². The number of nitrogens with zero attached hydrogens (tertiary/aromatic N) is 2. The third kappa shape index (κ3) is 5.69. The minimum Gasteiger partial charge on any atom is -0.444 e. The van der Waals surface area contributed by atoms with Gasteiger partial charge in [-0.25, -0.2) is 4.79 Å². The number of piperazine rings is 1. The Kier molecular flexibility index (Phi) is 6.31. The van der Waals surface area contributed by atoms with Crippen LogP contribution in [0.5, 0.6) is 0 Å². The number of ether oxygens (including phenoxy) is 1. The van der Waals surface area contributed by atoms with Crippen molar-refractivity contribution in [1.82, 2.24) is 9.80 Å². The molecular weight excluding hydrogens is 356 g/mol. The first-order valence-electron chi connectivity index (χ1n) is 8.62. The van der Waals surface area contributed by atoms with Crippen LogP contribution in [0.1, 0.15) is 26.3 Å². The van der Waals surface area contributed by atoms with Gasteiger partial charge in [-0.15, -0.1) is 0 Å². The van der Waals surface area contributed by atoms with Gasteiger partial charge in [0.05, 0.1) is 17.5 Å². The zero-order valence-electron chi connectivity index (χ0n) is 16.1. The molecule has 1 aliphatic heterocycles. The van der Waals surface area contributed by atoms with Crippen LogP contribution in [0.4, 0.5) is 4.79 Å². The number of rotatable bonds is 4. The molecular formula is C18H28N2O5S. The molecule has 0 aliphatic carbocycles. The molecule has 1 amide bonds. The van der Waals surface area contributed by atoms with Crippen molar-refractivity contribution in [3.05, 3.63) is 29.8 Å². The van der Waals surface area contributed by atoms with Crippen molar-refractivity contribution in [3.8, 4) is 0 Å². The number of hydrogen-bond donors (Lipinski definition) is 0. The molecule has 7 nitrogen and oxygen atoms in total. The average molecular weight is 384 g/mol. The second kappa shape index (κ2) is 7.94. The second-order valence-corrected chi connectivity index (χ2v) is 9.23. The quantitative estimate of drug-likeness (QED) is 0.741. The molecule has 1 aromatic carbocycles. The lowest BCUT2D eigenvalue weighted by atomic mass is 10.2. The lowest BCUT2D eigenvalue weighted by Gasteiger charge is -2.39. The van der Waals surface area contributed by atoms with Crippen molar-refractivity contribution in [2.75, 3.05) is 33.3 Å². The SMILES string of the molecule is Cc1ccc(S(=O)(=O)OCC2CN(C(=O)OC(C)(C)C)CCN2C)cc1. The van der Waals surface area contributed by atoms with Crippen LogP contribution in [0.25, 0.3) is 0 Å². The molecule has 1 aliphatic rings. The molecule has 1 saturated heterocycles. The summed E-state index contributed by atoms with van der Waals surface area (Å²) < 4.78 is 35.3. The van der Waals surface area contributed by atoms with Crippen molar-refractivity contribution in [3.63, 3.8) is 0 Å². The van der Waals surface area contributed by atoms with E-state index >= 15 is 0 Å². The summed E-state index contributed by atoms with van der Waals surface area (Å²) in [5.41, 5.74) is 0.408. The van der Waals surface area contributed by atoms with Crippen LogP contribution in [-0.4, -0.2) is 69.2 Å². The Bertz CT molecular complexity index is 725. The molecule has 1 fully saturated rings. The zero-order chi connectivity index (χ0) is 19.5. The van der Waals surface area contributed by atoms with Crippen LogP contribution in [0.3, 0.4) is 0 Å². The molecule has 1 aromatic rings.